The zero-order valence-corrected chi connectivity index (χ0v) is 19.3. The quantitative estimate of drug-likeness (QED) is 0.352. The standard InChI is InChI=1S/C21H16Cl3NO5S/c1-2-29-18(26)11-30-19-15(23)7-13(8-16(19)24)9-17-20(27)25(21(28)31-17)10-12-3-5-14(22)6-4-12/h3-9H,2,10-11H2,1H3/b17-9-. The Morgan fingerprint density at radius 1 is 1.10 bits per heavy atom. The number of carbonyl (C=O) groups is 3. The van der Waals surface area contributed by atoms with Gasteiger partial charge in [-0.1, -0.05) is 46.9 Å². The van der Waals surface area contributed by atoms with Crippen molar-refractivity contribution in [3.8, 4) is 5.75 Å². The van der Waals surface area contributed by atoms with Crippen molar-refractivity contribution in [1.82, 2.24) is 4.90 Å². The molecule has 10 heteroatoms. The Kier molecular flexibility index (Phi) is 7.89. The SMILES string of the molecule is CCOC(=O)COc1c(Cl)cc(/C=C2\SC(=O)N(Cc3ccc(Cl)cc3)C2=O)cc1Cl. The molecule has 3 rings (SSSR count). The number of ether oxygens (including phenoxy) is 2. The van der Waals surface area contributed by atoms with Gasteiger partial charge in [0.25, 0.3) is 11.1 Å². The first kappa shape index (κ1) is 23.5. The summed E-state index contributed by atoms with van der Waals surface area (Å²) in [5.74, 6) is -0.836. The van der Waals surface area contributed by atoms with E-state index in [2.05, 4.69) is 0 Å². The number of imide groups is 1. The molecule has 0 N–H and O–H groups in total. The number of esters is 1. The Morgan fingerprint density at radius 2 is 1.74 bits per heavy atom. The van der Waals surface area contributed by atoms with Crippen molar-refractivity contribution in [2.75, 3.05) is 13.2 Å². The van der Waals surface area contributed by atoms with Crippen LogP contribution in [-0.4, -0.2) is 35.2 Å². The zero-order valence-electron chi connectivity index (χ0n) is 16.2. The molecule has 1 heterocycles. The maximum atomic E-state index is 12.7. The van der Waals surface area contributed by atoms with Crippen LogP contribution in [0.4, 0.5) is 4.79 Å². The van der Waals surface area contributed by atoms with Crippen LogP contribution in [0.5, 0.6) is 5.75 Å². The lowest BCUT2D eigenvalue weighted by atomic mass is 10.2. The molecular formula is C21H16Cl3NO5S. The van der Waals surface area contributed by atoms with Crippen LogP contribution in [0.25, 0.3) is 6.08 Å². The van der Waals surface area contributed by atoms with Gasteiger partial charge in [-0.25, -0.2) is 4.79 Å². The van der Waals surface area contributed by atoms with E-state index >= 15 is 0 Å². The number of nitrogens with zero attached hydrogens (tertiary/aromatic N) is 1. The van der Waals surface area contributed by atoms with Gasteiger partial charge in [0.2, 0.25) is 0 Å². The molecule has 2 amide bonds. The fourth-order valence-corrected chi connectivity index (χ4v) is 4.27. The van der Waals surface area contributed by atoms with E-state index in [4.69, 9.17) is 44.3 Å². The minimum Gasteiger partial charge on any atom is -0.479 e. The highest BCUT2D eigenvalue weighted by molar-refractivity contribution is 8.18. The van der Waals surface area contributed by atoms with E-state index < -0.39 is 11.9 Å². The summed E-state index contributed by atoms with van der Waals surface area (Å²) in [5.41, 5.74) is 1.29. The molecule has 0 spiro atoms. The van der Waals surface area contributed by atoms with Crippen molar-refractivity contribution in [2.24, 2.45) is 0 Å². The van der Waals surface area contributed by atoms with Gasteiger partial charge in [0.1, 0.15) is 0 Å². The molecule has 0 aromatic heterocycles. The Hall–Kier alpha value is -2.19. The second-order valence-corrected chi connectivity index (χ2v) is 8.55. The maximum absolute atomic E-state index is 12.7. The highest BCUT2D eigenvalue weighted by atomic mass is 35.5. The Balaban J connectivity index is 1.75. The van der Waals surface area contributed by atoms with Crippen LogP contribution in [-0.2, 0) is 20.9 Å². The molecule has 0 radical (unpaired) electrons. The van der Waals surface area contributed by atoms with Gasteiger partial charge < -0.3 is 9.47 Å². The number of rotatable bonds is 7. The van der Waals surface area contributed by atoms with Gasteiger partial charge in [0.15, 0.2) is 12.4 Å². The molecule has 0 saturated carbocycles. The predicted molar refractivity (Wildman–Crippen MR) is 122 cm³/mol. The van der Waals surface area contributed by atoms with Crippen molar-refractivity contribution in [2.45, 2.75) is 13.5 Å². The van der Waals surface area contributed by atoms with Crippen LogP contribution >= 0.6 is 46.6 Å². The summed E-state index contributed by atoms with van der Waals surface area (Å²) in [5, 5.41) is 0.505. The van der Waals surface area contributed by atoms with Crippen molar-refractivity contribution in [1.29, 1.82) is 0 Å². The molecule has 0 atom stereocenters. The first-order chi connectivity index (χ1) is 14.8. The lowest BCUT2D eigenvalue weighted by Gasteiger charge is -2.12. The summed E-state index contributed by atoms with van der Waals surface area (Å²) in [4.78, 5) is 37.9. The van der Waals surface area contributed by atoms with Crippen LogP contribution in [0.15, 0.2) is 41.3 Å². The molecule has 0 unspecified atom stereocenters. The number of amides is 2. The summed E-state index contributed by atoms with van der Waals surface area (Å²) in [6, 6.07) is 9.96. The monoisotopic (exact) mass is 499 g/mol. The molecule has 1 aliphatic rings. The summed E-state index contributed by atoms with van der Waals surface area (Å²) < 4.78 is 10.1. The second-order valence-electron chi connectivity index (χ2n) is 6.30. The second kappa shape index (κ2) is 10.4. The number of halogens is 3. The van der Waals surface area contributed by atoms with Crippen LogP contribution in [0, 0.1) is 0 Å². The number of thioether (sulfide) groups is 1. The highest BCUT2D eigenvalue weighted by Crippen LogP contribution is 2.37. The van der Waals surface area contributed by atoms with Crippen molar-refractivity contribution < 1.29 is 23.9 Å². The van der Waals surface area contributed by atoms with Crippen molar-refractivity contribution >= 4 is 69.8 Å². The summed E-state index contributed by atoms with van der Waals surface area (Å²) in [6.45, 7) is 1.72. The average molecular weight is 501 g/mol. The third-order valence-electron chi connectivity index (χ3n) is 4.09. The lowest BCUT2D eigenvalue weighted by Crippen LogP contribution is -2.27. The summed E-state index contributed by atoms with van der Waals surface area (Å²) >= 11 is 19.1. The van der Waals surface area contributed by atoms with Crippen molar-refractivity contribution in [3.63, 3.8) is 0 Å². The van der Waals surface area contributed by atoms with Gasteiger partial charge >= 0.3 is 5.97 Å². The van der Waals surface area contributed by atoms with Gasteiger partial charge in [-0.3, -0.25) is 14.5 Å². The first-order valence-electron chi connectivity index (χ1n) is 9.05. The molecule has 1 fully saturated rings. The smallest absolute Gasteiger partial charge is 0.344 e. The predicted octanol–water partition coefficient (Wildman–Crippen LogP) is 5.83. The van der Waals surface area contributed by atoms with E-state index in [1.165, 1.54) is 18.2 Å². The average Bonchev–Trinajstić information content (AvgIpc) is 2.96. The van der Waals surface area contributed by atoms with Crippen LogP contribution in [0.3, 0.4) is 0 Å². The van der Waals surface area contributed by atoms with Gasteiger partial charge in [-0.15, -0.1) is 0 Å². The maximum Gasteiger partial charge on any atom is 0.344 e. The largest absolute Gasteiger partial charge is 0.479 e. The summed E-state index contributed by atoms with van der Waals surface area (Å²) in [7, 11) is 0. The molecule has 31 heavy (non-hydrogen) atoms. The molecule has 2 aromatic rings. The van der Waals surface area contributed by atoms with E-state index in [-0.39, 0.29) is 45.7 Å². The Labute approximate surface area is 198 Å². The van der Waals surface area contributed by atoms with E-state index in [9.17, 15) is 14.4 Å². The number of hydrogen-bond acceptors (Lipinski definition) is 6. The fourth-order valence-electron chi connectivity index (χ4n) is 2.69. The summed E-state index contributed by atoms with van der Waals surface area (Å²) in [6.07, 6.45) is 1.53. The highest BCUT2D eigenvalue weighted by Gasteiger charge is 2.35. The Morgan fingerprint density at radius 3 is 2.35 bits per heavy atom. The molecule has 0 bridgehead atoms. The van der Waals surface area contributed by atoms with E-state index in [1.807, 2.05) is 0 Å². The zero-order chi connectivity index (χ0) is 22.5. The molecule has 1 aliphatic heterocycles. The molecule has 6 nitrogen and oxygen atoms in total. The number of hydrogen-bond donors (Lipinski definition) is 0. The van der Waals surface area contributed by atoms with Crippen LogP contribution in [0.1, 0.15) is 18.1 Å². The minimum atomic E-state index is -0.548. The third-order valence-corrected chi connectivity index (χ3v) is 5.81. The lowest BCUT2D eigenvalue weighted by molar-refractivity contribution is -0.145. The van der Waals surface area contributed by atoms with Crippen LogP contribution in [0.2, 0.25) is 15.1 Å². The minimum absolute atomic E-state index is 0.129. The van der Waals surface area contributed by atoms with E-state index in [1.54, 1.807) is 31.2 Å². The third kappa shape index (κ3) is 5.95. The number of carbonyl (C=O) groups excluding carboxylic acids is 3. The molecule has 162 valence electrons. The van der Waals surface area contributed by atoms with E-state index in [0.717, 1.165) is 22.2 Å². The van der Waals surface area contributed by atoms with E-state index in [0.29, 0.717) is 10.6 Å². The fraction of sp³-hybridized carbons (Fsp3) is 0.190. The topological polar surface area (TPSA) is 72.9 Å². The molecule has 0 aliphatic carbocycles. The molecule has 1 saturated heterocycles. The first-order valence-corrected chi connectivity index (χ1v) is 11.0. The molecular weight excluding hydrogens is 485 g/mol. The Bertz CT molecular complexity index is 1030. The van der Waals surface area contributed by atoms with Crippen LogP contribution < -0.4 is 4.74 Å². The van der Waals surface area contributed by atoms with Gasteiger partial charge in [0.05, 0.1) is 28.1 Å². The van der Waals surface area contributed by atoms with Crippen molar-refractivity contribution in [3.05, 3.63) is 67.5 Å². The van der Waals surface area contributed by atoms with Gasteiger partial charge in [-0.2, -0.15) is 0 Å². The molecule has 2 aromatic carbocycles. The van der Waals surface area contributed by atoms with Gasteiger partial charge in [-0.05, 0) is 60.2 Å². The van der Waals surface area contributed by atoms with Gasteiger partial charge in [0, 0.05) is 5.02 Å². The normalized spacial score (nSPS) is 15.0. The number of benzene rings is 2.